The van der Waals surface area contributed by atoms with Crippen molar-refractivity contribution in [1.82, 2.24) is 9.97 Å². The van der Waals surface area contributed by atoms with Gasteiger partial charge in [0.05, 0.1) is 0 Å². The van der Waals surface area contributed by atoms with Gasteiger partial charge in [0.1, 0.15) is 0 Å². The highest BCUT2D eigenvalue weighted by molar-refractivity contribution is 6.30. The van der Waals surface area contributed by atoms with E-state index in [4.69, 9.17) is 16.9 Å². The zero-order valence-electron chi connectivity index (χ0n) is 8.18. The number of nitriles is 1. The zero-order valence-corrected chi connectivity index (χ0v) is 8.94. The molecule has 0 spiro atoms. The molecule has 1 heterocycles. The predicted molar refractivity (Wildman–Crippen MR) is 61.7 cm³/mol. The van der Waals surface area contributed by atoms with Crippen molar-refractivity contribution in [2.45, 2.75) is 0 Å². The standard InChI is InChI=1S/C11H7ClN4/c12-10-3-1-8(2-4-10)9-5-14-11(15-6-9)16-7-13/h1-6H,(H,14,15,16). The molecule has 0 saturated carbocycles. The molecule has 0 aliphatic carbocycles. The number of anilines is 1. The van der Waals surface area contributed by atoms with Crippen LogP contribution in [0.4, 0.5) is 5.95 Å². The number of aromatic nitrogens is 2. The fourth-order valence-electron chi connectivity index (χ4n) is 1.23. The third kappa shape index (κ3) is 2.27. The Bertz CT molecular complexity index is 513. The van der Waals surface area contributed by atoms with Crippen LogP contribution in [0.25, 0.3) is 11.1 Å². The number of halogens is 1. The second-order valence-corrected chi connectivity index (χ2v) is 3.48. The highest BCUT2D eigenvalue weighted by atomic mass is 35.5. The predicted octanol–water partition coefficient (Wildman–Crippen LogP) is 2.69. The minimum Gasteiger partial charge on any atom is -0.261 e. The first kappa shape index (κ1) is 10.4. The summed E-state index contributed by atoms with van der Waals surface area (Å²) in [5.41, 5.74) is 1.85. The van der Waals surface area contributed by atoms with Crippen molar-refractivity contribution in [2.75, 3.05) is 5.32 Å². The molecule has 0 radical (unpaired) electrons. The second kappa shape index (κ2) is 4.60. The Morgan fingerprint density at radius 3 is 2.25 bits per heavy atom. The summed E-state index contributed by atoms with van der Waals surface area (Å²) >= 11 is 5.79. The minimum absolute atomic E-state index is 0.292. The Kier molecular flexibility index (Phi) is 2.99. The normalized spacial score (nSPS) is 9.50. The van der Waals surface area contributed by atoms with Gasteiger partial charge in [-0.25, -0.2) is 9.97 Å². The van der Waals surface area contributed by atoms with Crippen LogP contribution in [0.5, 0.6) is 0 Å². The van der Waals surface area contributed by atoms with E-state index in [0.29, 0.717) is 11.0 Å². The van der Waals surface area contributed by atoms with Crippen LogP contribution < -0.4 is 5.32 Å². The van der Waals surface area contributed by atoms with Crippen molar-refractivity contribution in [3.63, 3.8) is 0 Å². The van der Waals surface area contributed by atoms with Crippen LogP contribution in [0.2, 0.25) is 5.02 Å². The molecule has 0 amide bonds. The van der Waals surface area contributed by atoms with E-state index in [1.54, 1.807) is 30.7 Å². The molecule has 0 aliphatic heterocycles. The first-order valence-corrected chi connectivity index (χ1v) is 4.90. The molecule has 1 N–H and O–H groups in total. The fraction of sp³-hybridized carbons (Fsp3) is 0. The van der Waals surface area contributed by atoms with Crippen LogP contribution in [0, 0.1) is 11.5 Å². The van der Waals surface area contributed by atoms with Crippen LogP contribution in [0.1, 0.15) is 0 Å². The van der Waals surface area contributed by atoms with Gasteiger partial charge < -0.3 is 0 Å². The van der Waals surface area contributed by atoms with Crippen molar-refractivity contribution in [1.29, 1.82) is 5.26 Å². The van der Waals surface area contributed by atoms with Gasteiger partial charge in [-0.2, -0.15) is 5.26 Å². The van der Waals surface area contributed by atoms with Gasteiger partial charge in [0, 0.05) is 23.0 Å². The molecule has 0 unspecified atom stereocenters. The molecule has 0 saturated heterocycles. The summed E-state index contributed by atoms with van der Waals surface area (Å²) in [6, 6.07) is 7.38. The Morgan fingerprint density at radius 2 is 1.69 bits per heavy atom. The van der Waals surface area contributed by atoms with E-state index >= 15 is 0 Å². The number of benzene rings is 1. The van der Waals surface area contributed by atoms with E-state index in [-0.39, 0.29) is 0 Å². The van der Waals surface area contributed by atoms with Crippen molar-refractivity contribution >= 4 is 17.5 Å². The van der Waals surface area contributed by atoms with Gasteiger partial charge in [0.25, 0.3) is 0 Å². The van der Waals surface area contributed by atoms with Gasteiger partial charge in [0.2, 0.25) is 5.95 Å². The van der Waals surface area contributed by atoms with Crippen LogP contribution in [-0.4, -0.2) is 9.97 Å². The highest BCUT2D eigenvalue weighted by Crippen LogP contribution is 2.20. The fourth-order valence-corrected chi connectivity index (χ4v) is 1.36. The lowest BCUT2D eigenvalue weighted by atomic mass is 10.1. The number of rotatable bonds is 2. The SMILES string of the molecule is N#CNc1ncc(-c2ccc(Cl)cc2)cn1. The Morgan fingerprint density at radius 1 is 1.06 bits per heavy atom. The van der Waals surface area contributed by atoms with Gasteiger partial charge in [-0.15, -0.1) is 0 Å². The second-order valence-electron chi connectivity index (χ2n) is 3.04. The van der Waals surface area contributed by atoms with Gasteiger partial charge in [-0.3, -0.25) is 5.32 Å². The van der Waals surface area contributed by atoms with Gasteiger partial charge in [-0.1, -0.05) is 23.7 Å². The van der Waals surface area contributed by atoms with Crippen LogP contribution in [-0.2, 0) is 0 Å². The molecule has 0 bridgehead atoms. The summed E-state index contributed by atoms with van der Waals surface area (Å²) in [5.74, 6) is 0.292. The summed E-state index contributed by atoms with van der Waals surface area (Å²) in [4.78, 5) is 7.98. The maximum Gasteiger partial charge on any atom is 0.236 e. The molecule has 16 heavy (non-hydrogen) atoms. The molecule has 1 aromatic carbocycles. The number of nitrogens with one attached hydrogen (secondary N) is 1. The van der Waals surface area contributed by atoms with E-state index in [1.807, 2.05) is 12.1 Å². The van der Waals surface area contributed by atoms with Gasteiger partial charge in [0.15, 0.2) is 6.19 Å². The quantitative estimate of drug-likeness (QED) is 0.637. The summed E-state index contributed by atoms with van der Waals surface area (Å²) in [5, 5.41) is 11.4. The molecule has 0 fully saturated rings. The Labute approximate surface area is 97.5 Å². The lowest BCUT2D eigenvalue weighted by molar-refractivity contribution is 1.17. The summed E-state index contributed by atoms with van der Waals surface area (Å²) in [6.07, 6.45) is 5.06. The number of hydrogen-bond acceptors (Lipinski definition) is 4. The van der Waals surface area contributed by atoms with E-state index in [1.165, 1.54) is 0 Å². The van der Waals surface area contributed by atoms with Crippen molar-refractivity contribution in [2.24, 2.45) is 0 Å². The molecule has 78 valence electrons. The minimum atomic E-state index is 0.292. The molecule has 2 aromatic rings. The molecule has 0 atom stereocenters. The number of nitrogens with zero attached hydrogens (tertiary/aromatic N) is 3. The van der Waals surface area contributed by atoms with Gasteiger partial charge in [-0.05, 0) is 17.7 Å². The van der Waals surface area contributed by atoms with Crippen LogP contribution >= 0.6 is 11.6 Å². The highest BCUT2D eigenvalue weighted by Gasteiger charge is 1.99. The van der Waals surface area contributed by atoms with Gasteiger partial charge >= 0.3 is 0 Å². The van der Waals surface area contributed by atoms with E-state index in [2.05, 4.69) is 15.3 Å². The molecular formula is C11H7ClN4. The summed E-state index contributed by atoms with van der Waals surface area (Å²) in [7, 11) is 0. The third-order valence-electron chi connectivity index (χ3n) is 2.00. The maximum atomic E-state index is 8.38. The van der Waals surface area contributed by atoms with Crippen molar-refractivity contribution < 1.29 is 0 Å². The largest absolute Gasteiger partial charge is 0.261 e. The first-order chi connectivity index (χ1) is 7.79. The lowest BCUT2D eigenvalue weighted by Crippen LogP contribution is -1.94. The molecule has 2 rings (SSSR count). The average Bonchev–Trinajstić information content (AvgIpc) is 2.32. The maximum absolute atomic E-state index is 8.38. The molecule has 5 heteroatoms. The molecular weight excluding hydrogens is 224 g/mol. The average molecular weight is 231 g/mol. The Balaban J connectivity index is 2.28. The summed E-state index contributed by atoms with van der Waals surface area (Å²) in [6.45, 7) is 0. The van der Waals surface area contributed by atoms with E-state index < -0.39 is 0 Å². The summed E-state index contributed by atoms with van der Waals surface area (Å²) < 4.78 is 0. The topological polar surface area (TPSA) is 61.6 Å². The van der Waals surface area contributed by atoms with Crippen molar-refractivity contribution in [3.8, 4) is 17.3 Å². The van der Waals surface area contributed by atoms with Crippen LogP contribution in [0.15, 0.2) is 36.7 Å². The molecule has 1 aromatic heterocycles. The van der Waals surface area contributed by atoms with E-state index in [0.717, 1.165) is 11.1 Å². The first-order valence-electron chi connectivity index (χ1n) is 4.52. The molecule has 4 nitrogen and oxygen atoms in total. The van der Waals surface area contributed by atoms with E-state index in [9.17, 15) is 0 Å². The smallest absolute Gasteiger partial charge is 0.236 e. The Hall–Kier alpha value is -2.12. The van der Waals surface area contributed by atoms with Crippen molar-refractivity contribution in [3.05, 3.63) is 41.7 Å². The van der Waals surface area contributed by atoms with Crippen LogP contribution in [0.3, 0.4) is 0 Å². The zero-order chi connectivity index (χ0) is 11.4. The monoisotopic (exact) mass is 230 g/mol. The lowest BCUT2D eigenvalue weighted by Gasteiger charge is -2.01. The number of hydrogen-bond donors (Lipinski definition) is 1. The molecule has 0 aliphatic rings. The third-order valence-corrected chi connectivity index (χ3v) is 2.25.